The van der Waals surface area contributed by atoms with Crippen molar-refractivity contribution in [2.75, 3.05) is 32.7 Å². The largest absolute Gasteiger partial charge is 0.314 e. The Labute approximate surface area is 114 Å². The molecule has 1 aromatic rings. The van der Waals surface area contributed by atoms with Crippen molar-refractivity contribution in [3.05, 3.63) is 34.7 Å². The summed E-state index contributed by atoms with van der Waals surface area (Å²) < 4.78 is 24.4. The first-order valence-corrected chi connectivity index (χ1v) is 8.11. The standard InChI is InChI=1S/C14H18N2O2S/c1-11-3-2-4-13-12(10-19(17,18)14(11)13)9-16-7-5-15-6-8-16/h2-4,10,15H,5-9H2,1H3. The molecule has 0 saturated carbocycles. The van der Waals surface area contributed by atoms with E-state index in [-0.39, 0.29) is 0 Å². The van der Waals surface area contributed by atoms with Gasteiger partial charge in [-0.1, -0.05) is 18.2 Å². The molecule has 2 aliphatic rings. The van der Waals surface area contributed by atoms with Gasteiger partial charge in [-0.2, -0.15) is 0 Å². The number of fused-ring (bicyclic) bond motifs is 1. The van der Waals surface area contributed by atoms with Crippen molar-refractivity contribution in [1.29, 1.82) is 0 Å². The number of nitrogens with zero attached hydrogens (tertiary/aromatic N) is 1. The topological polar surface area (TPSA) is 49.4 Å². The van der Waals surface area contributed by atoms with Gasteiger partial charge in [-0.3, -0.25) is 4.90 Å². The van der Waals surface area contributed by atoms with Crippen LogP contribution < -0.4 is 5.32 Å². The first-order chi connectivity index (χ1) is 9.08. The Morgan fingerprint density at radius 2 is 2.00 bits per heavy atom. The highest BCUT2D eigenvalue weighted by Gasteiger charge is 2.29. The van der Waals surface area contributed by atoms with Gasteiger partial charge in [-0.25, -0.2) is 8.42 Å². The zero-order valence-electron chi connectivity index (χ0n) is 11.0. The summed E-state index contributed by atoms with van der Waals surface area (Å²) >= 11 is 0. The molecule has 4 nitrogen and oxygen atoms in total. The number of hydrogen-bond acceptors (Lipinski definition) is 4. The fourth-order valence-corrected chi connectivity index (χ4v) is 4.54. The summed E-state index contributed by atoms with van der Waals surface area (Å²) in [6, 6.07) is 5.71. The van der Waals surface area contributed by atoms with Crippen LogP contribution in [0.5, 0.6) is 0 Å². The summed E-state index contributed by atoms with van der Waals surface area (Å²) in [4.78, 5) is 2.80. The fourth-order valence-electron chi connectivity index (χ4n) is 2.83. The Morgan fingerprint density at radius 3 is 2.74 bits per heavy atom. The van der Waals surface area contributed by atoms with Crippen LogP contribution in [0, 0.1) is 6.92 Å². The van der Waals surface area contributed by atoms with Crippen LogP contribution in [0.1, 0.15) is 11.1 Å². The molecule has 102 valence electrons. The van der Waals surface area contributed by atoms with Crippen LogP contribution in [-0.4, -0.2) is 46.0 Å². The highest BCUT2D eigenvalue weighted by atomic mass is 32.2. The van der Waals surface area contributed by atoms with Crippen LogP contribution in [0.15, 0.2) is 28.5 Å². The Kier molecular flexibility index (Phi) is 3.20. The van der Waals surface area contributed by atoms with E-state index in [9.17, 15) is 8.42 Å². The number of sulfone groups is 1. The van der Waals surface area contributed by atoms with Crippen molar-refractivity contribution >= 4 is 15.4 Å². The third-order valence-corrected chi connectivity index (χ3v) is 5.45. The highest BCUT2D eigenvalue weighted by molar-refractivity contribution is 7.95. The van der Waals surface area contributed by atoms with Crippen LogP contribution in [-0.2, 0) is 9.84 Å². The summed E-state index contributed by atoms with van der Waals surface area (Å²) in [6.45, 7) is 6.47. The Balaban J connectivity index is 1.94. The molecule has 3 rings (SSSR count). The minimum absolute atomic E-state index is 0.500. The van der Waals surface area contributed by atoms with Gasteiger partial charge < -0.3 is 5.32 Å². The van der Waals surface area contributed by atoms with Gasteiger partial charge in [0.25, 0.3) is 0 Å². The second kappa shape index (κ2) is 4.74. The number of rotatable bonds is 2. The van der Waals surface area contributed by atoms with E-state index in [1.807, 2.05) is 25.1 Å². The summed E-state index contributed by atoms with van der Waals surface area (Å²) in [5.74, 6) is 0. The predicted octanol–water partition coefficient (Wildman–Crippen LogP) is 1.03. The SMILES string of the molecule is Cc1cccc2c1S(=O)(=O)C=C2CN1CCNCC1. The monoisotopic (exact) mass is 278 g/mol. The van der Waals surface area contributed by atoms with Gasteiger partial charge in [0.05, 0.1) is 4.90 Å². The minimum atomic E-state index is -3.24. The molecule has 0 bridgehead atoms. The van der Waals surface area contributed by atoms with Gasteiger partial charge >= 0.3 is 0 Å². The number of aryl methyl sites for hydroxylation is 1. The zero-order chi connectivity index (χ0) is 13.5. The molecule has 0 aliphatic carbocycles. The molecule has 0 unspecified atom stereocenters. The van der Waals surface area contributed by atoms with E-state index in [0.717, 1.165) is 49.4 Å². The quantitative estimate of drug-likeness (QED) is 0.878. The summed E-state index contributed by atoms with van der Waals surface area (Å²) in [5.41, 5.74) is 2.66. The molecular weight excluding hydrogens is 260 g/mol. The van der Waals surface area contributed by atoms with Gasteiger partial charge in [-0.05, 0) is 23.6 Å². The average Bonchev–Trinajstić information content (AvgIpc) is 2.63. The normalized spacial score (nSPS) is 22.1. The first-order valence-electron chi connectivity index (χ1n) is 6.57. The lowest BCUT2D eigenvalue weighted by molar-refractivity contribution is 0.268. The zero-order valence-corrected chi connectivity index (χ0v) is 11.8. The molecule has 0 radical (unpaired) electrons. The maximum atomic E-state index is 12.2. The van der Waals surface area contributed by atoms with Gasteiger partial charge in [0.15, 0.2) is 0 Å². The summed E-state index contributed by atoms with van der Waals surface area (Å²) in [5, 5.41) is 4.76. The molecule has 1 fully saturated rings. The van der Waals surface area contributed by atoms with Crippen LogP contribution >= 0.6 is 0 Å². The van der Waals surface area contributed by atoms with Crippen LogP contribution in [0.2, 0.25) is 0 Å². The Hall–Kier alpha value is -1.17. The number of benzene rings is 1. The van der Waals surface area contributed by atoms with E-state index in [0.29, 0.717) is 4.90 Å². The van der Waals surface area contributed by atoms with Gasteiger partial charge in [0.2, 0.25) is 9.84 Å². The van der Waals surface area contributed by atoms with Crippen molar-refractivity contribution in [3.63, 3.8) is 0 Å². The second-order valence-corrected chi connectivity index (χ2v) is 6.90. The molecule has 19 heavy (non-hydrogen) atoms. The lowest BCUT2D eigenvalue weighted by Gasteiger charge is -2.27. The lowest BCUT2D eigenvalue weighted by atomic mass is 10.0. The molecule has 0 amide bonds. The van der Waals surface area contributed by atoms with E-state index in [2.05, 4.69) is 10.2 Å². The maximum absolute atomic E-state index is 12.2. The van der Waals surface area contributed by atoms with E-state index in [1.165, 1.54) is 5.41 Å². The molecule has 0 spiro atoms. The van der Waals surface area contributed by atoms with E-state index in [1.54, 1.807) is 0 Å². The number of hydrogen-bond donors (Lipinski definition) is 1. The van der Waals surface area contributed by atoms with Crippen molar-refractivity contribution < 1.29 is 8.42 Å². The molecular formula is C14H18N2O2S. The first kappa shape index (κ1) is 12.8. The van der Waals surface area contributed by atoms with Gasteiger partial charge in [-0.15, -0.1) is 0 Å². The molecule has 5 heteroatoms. The van der Waals surface area contributed by atoms with Crippen molar-refractivity contribution in [1.82, 2.24) is 10.2 Å². The highest BCUT2D eigenvalue weighted by Crippen LogP contribution is 2.35. The van der Waals surface area contributed by atoms with Gasteiger partial charge in [0, 0.05) is 38.1 Å². The van der Waals surface area contributed by atoms with Crippen LogP contribution in [0.3, 0.4) is 0 Å². The van der Waals surface area contributed by atoms with Crippen LogP contribution in [0.25, 0.3) is 5.57 Å². The molecule has 0 atom stereocenters. The van der Waals surface area contributed by atoms with E-state index in [4.69, 9.17) is 0 Å². The third kappa shape index (κ3) is 2.33. The molecule has 1 saturated heterocycles. The molecule has 0 aromatic heterocycles. The third-order valence-electron chi connectivity index (χ3n) is 3.74. The van der Waals surface area contributed by atoms with Crippen molar-refractivity contribution in [2.24, 2.45) is 0 Å². The minimum Gasteiger partial charge on any atom is -0.314 e. The van der Waals surface area contributed by atoms with Crippen LogP contribution in [0.4, 0.5) is 0 Å². The lowest BCUT2D eigenvalue weighted by Crippen LogP contribution is -2.43. The summed E-state index contributed by atoms with van der Waals surface area (Å²) in [7, 11) is -3.24. The average molecular weight is 278 g/mol. The van der Waals surface area contributed by atoms with Crippen molar-refractivity contribution in [3.8, 4) is 0 Å². The second-order valence-electron chi connectivity index (χ2n) is 5.17. The molecule has 2 heterocycles. The smallest absolute Gasteiger partial charge is 0.201 e. The molecule has 1 N–H and O–H groups in total. The van der Waals surface area contributed by atoms with E-state index < -0.39 is 9.84 Å². The molecule has 2 aliphatic heterocycles. The maximum Gasteiger partial charge on any atom is 0.201 e. The summed E-state index contributed by atoms with van der Waals surface area (Å²) in [6.07, 6.45) is 0. The Morgan fingerprint density at radius 1 is 1.26 bits per heavy atom. The van der Waals surface area contributed by atoms with E-state index >= 15 is 0 Å². The Bertz CT molecular complexity index is 629. The van der Waals surface area contributed by atoms with Gasteiger partial charge in [0.1, 0.15) is 0 Å². The predicted molar refractivity (Wildman–Crippen MR) is 75.7 cm³/mol. The molecule has 1 aromatic carbocycles. The fraction of sp³-hybridized carbons (Fsp3) is 0.429. The van der Waals surface area contributed by atoms with Crippen molar-refractivity contribution in [2.45, 2.75) is 11.8 Å². The number of nitrogens with one attached hydrogen (secondary N) is 1. The number of piperazine rings is 1.